The minimum absolute atomic E-state index is 0.368. The average Bonchev–Trinajstić information content (AvgIpc) is 3.37. The zero-order chi connectivity index (χ0) is 18.6. The van der Waals surface area contributed by atoms with Gasteiger partial charge in [0.1, 0.15) is 5.75 Å². The van der Waals surface area contributed by atoms with Crippen LogP contribution < -0.4 is 9.64 Å². The van der Waals surface area contributed by atoms with Crippen molar-refractivity contribution in [1.82, 2.24) is 9.80 Å². The van der Waals surface area contributed by atoms with Gasteiger partial charge < -0.3 is 14.5 Å². The molecule has 0 atom stereocenters. The second-order valence-corrected chi connectivity index (χ2v) is 8.13. The van der Waals surface area contributed by atoms with E-state index in [9.17, 15) is 4.79 Å². The first kappa shape index (κ1) is 18.6. The molecule has 0 aromatic heterocycles. The van der Waals surface area contributed by atoms with E-state index in [1.807, 2.05) is 19.1 Å². The Balaban J connectivity index is 1.32. The minimum Gasteiger partial charge on any atom is -0.492 e. The van der Waals surface area contributed by atoms with Crippen LogP contribution in [0.2, 0.25) is 0 Å². The largest absolute Gasteiger partial charge is 0.492 e. The number of hydrogen-bond donors (Lipinski definition) is 0. The summed E-state index contributed by atoms with van der Waals surface area (Å²) in [5, 5.41) is 0. The van der Waals surface area contributed by atoms with E-state index < -0.39 is 0 Å². The molecule has 1 aliphatic heterocycles. The lowest BCUT2D eigenvalue weighted by molar-refractivity contribution is -0.135. The predicted molar refractivity (Wildman–Crippen MR) is 108 cm³/mol. The number of piperazine rings is 1. The van der Waals surface area contributed by atoms with Gasteiger partial charge in [0, 0.05) is 38.3 Å². The third kappa shape index (κ3) is 4.40. The molecule has 5 heteroatoms. The topological polar surface area (TPSA) is 36.0 Å². The summed E-state index contributed by atoms with van der Waals surface area (Å²) in [7, 11) is 0. The van der Waals surface area contributed by atoms with Crippen LogP contribution in [0.15, 0.2) is 24.3 Å². The third-order valence-corrected chi connectivity index (χ3v) is 6.18. The van der Waals surface area contributed by atoms with Gasteiger partial charge >= 0.3 is 0 Å². The Morgan fingerprint density at radius 2 is 1.70 bits per heavy atom. The first-order valence-electron chi connectivity index (χ1n) is 10.8. The highest BCUT2D eigenvalue weighted by Gasteiger charge is 2.38. The van der Waals surface area contributed by atoms with Crippen LogP contribution in [0.5, 0.6) is 5.75 Å². The van der Waals surface area contributed by atoms with Gasteiger partial charge in [-0.2, -0.15) is 0 Å². The van der Waals surface area contributed by atoms with E-state index in [1.54, 1.807) is 0 Å². The Morgan fingerprint density at radius 1 is 1.04 bits per heavy atom. The molecule has 0 bridgehead atoms. The Hall–Kier alpha value is -1.75. The number of amides is 1. The Kier molecular flexibility index (Phi) is 5.86. The molecule has 0 spiro atoms. The summed E-state index contributed by atoms with van der Waals surface area (Å²) in [6.45, 7) is 7.08. The number of nitrogens with zero attached hydrogens (tertiary/aromatic N) is 3. The van der Waals surface area contributed by atoms with Gasteiger partial charge in [-0.05, 0) is 44.7 Å². The highest BCUT2D eigenvalue weighted by Crippen LogP contribution is 2.34. The molecule has 1 heterocycles. The van der Waals surface area contributed by atoms with Crippen LogP contribution in [0.25, 0.3) is 0 Å². The maximum absolute atomic E-state index is 13.0. The molecule has 3 aliphatic rings. The zero-order valence-corrected chi connectivity index (χ0v) is 16.6. The summed E-state index contributed by atoms with van der Waals surface area (Å²) in [6, 6.07) is 9.34. The molecule has 148 valence electrons. The van der Waals surface area contributed by atoms with Crippen LogP contribution in [-0.2, 0) is 4.79 Å². The van der Waals surface area contributed by atoms with E-state index >= 15 is 0 Å². The van der Waals surface area contributed by atoms with Gasteiger partial charge in [0.15, 0.2) is 0 Å². The number of benzene rings is 1. The van der Waals surface area contributed by atoms with Gasteiger partial charge in [-0.1, -0.05) is 25.0 Å². The van der Waals surface area contributed by atoms with Gasteiger partial charge in [0.2, 0.25) is 5.91 Å². The average molecular weight is 372 g/mol. The lowest BCUT2D eigenvalue weighted by Gasteiger charge is -2.38. The van der Waals surface area contributed by atoms with E-state index in [1.165, 1.54) is 44.2 Å². The van der Waals surface area contributed by atoms with Crippen LogP contribution in [0.3, 0.4) is 0 Å². The molecule has 2 saturated carbocycles. The molecule has 2 aliphatic carbocycles. The molecule has 3 fully saturated rings. The quantitative estimate of drug-likeness (QED) is 0.738. The monoisotopic (exact) mass is 371 g/mol. The molecule has 27 heavy (non-hydrogen) atoms. The number of carbonyl (C=O) groups is 1. The second kappa shape index (κ2) is 8.51. The van der Waals surface area contributed by atoms with Gasteiger partial charge in [0.25, 0.3) is 0 Å². The van der Waals surface area contributed by atoms with E-state index in [2.05, 4.69) is 26.8 Å². The molecule has 0 radical (unpaired) electrons. The molecule has 1 amide bonds. The normalized spacial score (nSPS) is 21.4. The van der Waals surface area contributed by atoms with Crippen molar-refractivity contribution >= 4 is 11.6 Å². The molecule has 0 N–H and O–H groups in total. The van der Waals surface area contributed by atoms with Crippen molar-refractivity contribution in [1.29, 1.82) is 0 Å². The number of carbonyl (C=O) groups excluding carboxylic acids is 1. The fourth-order valence-electron chi connectivity index (χ4n) is 4.66. The summed E-state index contributed by atoms with van der Waals surface area (Å²) in [6.07, 6.45) is 7.43. The van der Waals surface area contributed by atoms with Crippen LogP contribution in [0.1, 0.15) is 45.4 Å². The molecule has 0 unspecified atom stereocenters. The molecule has 1 saturated heterocycles. The predicted octanol–water partition coefficient (Wildman–Crippen LogP) is 3.14. The first-order valence-corrected chi connectivity index (χ1v) is 10.8. The lowest BCUT2D eigenvalue weighted by atomic mass is 10.2. The number of ether oxygens (including phenoxy) is 1. The summed E-state index contributed by atoms with van der Waals surface area (Å²) < 4.78 is 5.79. The number of rotatable bonds is 7. The zero-order valence-electron chi connectivity index (χ0n) is 16.6. The van der Waals surface area contributed by atoms with Crippen LogP contribution in [0, 0.1) is 0 Å². The second-order valence-electron chi connectivity index (χ2n) is 8.13. The summed E-state index contributed by atoms with van der Waals surface area (Å²) in [5.41, 5.74) is 1.18. The van der Waals surface area contributed by atoms with E-state index in [0.29, 0.717) is 31.1 Å². The van der Waals surface area contributed by atoms with Crippen LogP contribution in [-0.4, -0.2) is 67.1 Å². The molecular weight excluding hydrogens is 338 g/mol. The minimum atomic E-state index is 0.368. The SMILES string of the molecule is CCOc1ccccc1N1CCN(CC(=O)N(C2CCCC2)C2CC2)CC1. The van der Waals surface area contributed by atoms with Crippen molar-refractivity contribution in [3.8, 4) is 5.75 Å². The van der Waals surface area contributed by atoms with E-state index in [4.69, 9.17) is 4.74 Å². The third-order valence-electron chi connectivity index (χ3n) is 6.18. The van der Waals surface area contributed by atoms with Crippen molar-refractivity contribution in [2.75, 3.05) is 44.2 Å². The van der Waals surface area contributed by atoms with Crippen molar-refractivity contribution < 1.29 is 9.53 Å². The highest BCUT2D eigenvalue weighted by atomic mass is 16.5. The maximum Gasteiger partial charge on any atom is 0.237 e. The van der Waals surface area contributed by atoms with Gasteiger partial charge in [0.05, 0.1) is 18.8 Å². The summed E-state index contributed by atoms with van der Waals surface area (Å²) >= 11 is 0. The maximum atomic E-state index is 13.0. The fraction of sp³-hybridized carbons (Fsp3) is 0.682. The molecular formula is C22H33N3O2. The molecule has 1 aromatic carbocycles. The van der Waals surface area contributed by atoms with Gasteiger partial charge in [-0.15, -0.1) is 0 Å². The van der Waals surface area contributed by atoms with Crippen LogP contribution in [0.4, 0.5) is 5.69 Å². The van der Waals surface area contributed by atoms with Crippen molar-refractivity contribution in [2.24, 2.45) is 0 Å². The molecule has 5 nitrogen and oxygen atoms in total. The van der Waals surface area contributed by atoms with Crippen molar-refractivity contribution in [3.05, 3.63) is 24.3 Å². The van der Waals surface area contributed by atoms with E-state index in [0.717, 1.165) is 31.9 Å². The summed E-state index contributed by atoms with van der Waals surface area (Å²) in [4.78, 5) is 20.0. The van der Waals surface area contributed by atoms with Crippen molar-refractivity contribution in [2.45, 2.75) is 57.5 Å². The number of hydrogen-bond acceptors (Lipinski definition) is 4. The van der Waals surface area contributed by atoms with E-state index in [-0.39, 0.29) is 0 Å². The Bertz CT molecular complexity index is 632. The number of anilines is 1. The Morgan fingerprint density at radius 3 is 2.37 bits per heavy atom. The number of para-hydroxylation sites is 2. The summed E-state index contributed by atoms with van der Waals surface area (Å²) in [5.74, 6) is 1.33. The highest BCUT2D eigenvalue weighted by molar-refractivity contribution is 5.79. The van der Waals surface area contributed by atoms with Gasteiger partial charge in [-0.25, -0.2) is 0 Å². The molecule has 4 rings (SSSR count). The first-order chi connectivity index (χ1) is 13.3. The lowest BCUT2D eigenvalue weighted by Crippen LogP contribution is -2.52. The fourth-order valence-corrected chi connectivity index (χ4v) is 4.66. The molecule has 1 aromatic rings. The van der Waals surface area contributed by atoms with Gasteiger partial charge in [-0.3, -0.25) is 9.69 Å². The van der Waals surface area contributed by atoms with Crippen LogP contribution >= 0.6 is 0 Å². The Labute approximate surface area is 163 Å². The standard InChI is InChI=1S/C22H33N3O2/c1-2-27-21-10-6-5-9-20(21)24-15-13-23(14-16-24)17-22(26)25(19-11-12-19)18-7-3-4-8-18/h5-6,9-10,18-19H,2-4,7-8,11-17H2,1H3. The van der Waals surface area contributed by atoms with Crippen molar-refractivity contribution in [3.63, 3.8) is 0 Å². The smallest absolute Gasteiger partial charge is 0.237 e.